The number of para-hydroxylation sites is 2. The summed E-state index contributed by atoms with van der Waals surface area (Å²) in [7, 11) is 0. The lowest BCUT2D eigenvalue weighted by molar-refractivity contribution is 0.0721. The Morgan fingerprint density at radius 2 is 1.74 bits per heavy atom. The van der Waals surface area contributed by atoms with Crippen LogP contribution in [0.3, 0.4) is 0 Å². The molecule has 2 aromatic carbocycles. The van der Waals surface area contributed by atoms with E-state index in [9.17, 15) is 0 Å². The molecule has 0 aliphatic carbocycles. The maximum absolute atomic E-state index is 6.26. The van der Waals surface area contributed by atoms with Crippen molar-refractivity contribution in [1.29, 1.82) is 0 Å². The number of nitrogens with two attached hydrogens (primary N) is 1. The van der Waals surface area contributed by atoms with Crippen molar-refractivity contribution < 1.29 is 9.47 Å². The first-order chi connectivity index (χ1) is 9.24. The van der Waals surface area contributed by atoms with Gasteiger partial charge in [0, 0.05) is 4.47 Å². The van der Waals surface area contributed by atoms with E-state index >= 15 is 0 Å². The number of hydrogen-bond donors (Lipinski definition) is 1. The van der Waals surface area contributed by atoms with Crippen LogP contribution in [0.25, 0.3) is 0 Å². The molecule has 0 saturated heterocycles. The van der Waals surface area contributed by atoms with Gasteiger partial charge < -0.3 is 15.2 Å². The van der Waals surface area contributed by atoms with E-state index in [1.807, 2.05) is 48.5 Å². The molecule has 3 nitrogen and oxygen atoms in total. The molecule has 2 atom stereocenters. The van der Waals surface area contributed by atoms with Crippen LogP contribution in [0.15, 0.2) is 53.0 Å². The topological polar surface area (TPSA) is 44.5 Å². The van der Waals surface area contributed by atoms with Gasteiger partial charge in [-0.1, -0.05) is 40.2 Å². The van der Waals surface area contributed by atoms with Crippen LogP contribution in [0, 0.1) is 0 Å². The van der Waals surface area contributed by atoms with E-state index in [1.54, 1.807) is 0 Å². The molecule has 3 rings (SSSR count). The van der Waals surface area contributed by atoms with Gasteiger partial charge in [0.15, 0.2) is 17.6 Å². The Labute approximate surface area is 120 Å². The molecule has 2 unspecified atom stereocenters. The number of rotatable bonds is 2. The molecule has 0 bridgehead atoms. The Bertz CT molecular complexity index is 571. The predicted octanol–water partition coefficient (Wildman–Crippen LogP) is 3.29. The highest BCUT2D eigenvalue weighted by atomic mass is 79.9. The van der Waals surface area contributed by atoms with Gasteiger partial charge in [0.05, 0.1) is 6.04 Å². The maximum Gasteiger partial charge on any atom is 0.161 e. The summed E-state index contributed by atoms with van der Waals surface area (Å²) in [5.41, 5.74) is 7.29. The summed E-state index contributed by atoms with van der Waals surface area (Å²) in [5, 5.41) is 0. The van der Waals surface area contributed by atoms with E-state index in [1.165, 1.54) is 0 Å². The zero-order chi connectivity index (χ0) is 13.2. The molecule has 1 aliphatic heterocycles. The third kappa shape index (κ3) is 2.60. The monoisotopic (exact) mass is 319 g/mol. The third-order valence-electron chi connectivity index (χ3n) is 3.19. The van der Waals surface area contributed by atoms with Crippen LogP contribution < -0.4 is 15.2 Å². The van der Waals surface area contributed by atoms with E-state index < -0.39 is 0 Å². The zero-order valence-electron chi connectivity index (χ0n) is 10.3. The standard InChI is InChI=1S/C15H14BrNO2/c16-11-7-5-10(6-8-11)15(17)14-9-18-12-3-1-2-4-13(12)19-14/h1-8,14-15H,9,17H2. The molecule has 0 fully saturated rings. The molecule has 98 valence electrons. The average molecular weight is 320 g/mol. The lowest BCUT2D eigenvalue weighted by Crippen LogP contribution is -2.38. The normalized spacial score (nSPS) is 18.9. The van der Waals surface area contributed by atoms with Gasteiger partial charge in [-0.25, -0.2) is 0 Å². The maximum atomic E-state index is 6.26. The van der Waals surface area contributed by atoms with Crippen molar-refractivity contribution in [2.24, 2.45) is 5.73 Å². The Morgan fingerprint density at radius 3 is 2.47 bits per heavy atom. The molecule has 4 heteroatoms. The third-order valence-corrected chi connectivity index (χ3v) is 3.71. The first-order valence-electron chi connectivity index (χ1n) is 6.13. The summed E-state index contributed by atoms with van der Waals surface area (Å²) in [6, 6.07) is 15.4. The van der Waals surface area contributed by atoms with E-state index in [0.29, 0.717) is 6.61 Å². The van der Waals surface area contributed by atoms with Crippen molar-refractivity contribution in [2.45, 2.75) is 12.1 Å². The molecule has 1 heterocycles. The van der Waals surface area contributed by atoms with Gasteiger partial charge in [0.25, 0.3) is 0 Å². The summed E-state index contributed by atoms with van der Waals surface area (Å²) in [6.07, 6.45) is -0.170. The summed E-state index contributed by atoms with van der Waals surface area (Å²) in [5.74, 6) is 1.54. The molecule has 0 saturated carbocycles. The fourth-order valence-corrected chi connectivity index (χ4v) is 2.38. The van der Waals surface area contributed by atoms with Crippen LogP contribution in [0.5, 0.6) is 11.5 Å². The molecule has 0 radical (unpaired) electrons. The summed E-state index contributed by atoms with van der Waals surface area (Å²) in [6.45, 7) is 0.467. The van der Waals surface area contributed by atoms with Crippen LogP contribution in [-0.4, -0.2) is 12.7 Å². The predicted molar refractivity (Wildman–Crippen MR) is 77.4 cm³/mol. The molecular formula is C15H14BrNO2. The molecule has 1 aliphatic rings. The highest BCUT2D eigenvalue weighted by molar-refractivity contribution is 9.10. The SMILES string of the molecule is NC(c1ccc(Br)cc1)C1COc2ccccc2O1. The highest BCUT2D eigenvalue weighted by Gasteiger charge is 2.27. The van der Waals surface area contributed by atoms with Crippen LogP contribution in [-0.2, 0) is 0 Å². The van der Waals surface area contributed by atoms with Gasteiger partial charge in [0.2, 0.25) is 0 Å². The first kappa shape index (κ1) is 12.5. The van der Waals surface area contributed by atoms with Crippen molar-refractivity contribution in [3.8, 4) is 11.5 Å². The Balaban J connectivity index is 1.79. The van der Waals surface area contributed by atoms with Crippen molar-refractivity contribution in [3.05, 3.63) is 58.6 Å². The van der Waals surface area contributed by atoms with E-state index in [-0.39, 0.29) is 12.1 Å². The molecule has 0 spiro atoms. The van der Waals surface area contributed by atoms with Crippen LogP contribution in [0.4, 0.5) is 0 Å². The molecule has 19 heavy (non-hydrogen) atoms. The number of halogens is 1. The van der Waals surface area contributed by atoms with Gasteiger partial charge >= 0.3 is 0 Å². The van der Waals surface area contributed by atoms with Gasteiger partial charge in [-0.3, -0.25) is 0 Å². The van der Waals surface area contributed by atoms with Crippen molar-refractivity contribution in [3.63, 3.8) is 0 Å². The largest absolute Gasteiger partial charge is 0.486 e. The van der Waals surface area contributed by atoms with E-state index in [0.717, 1.165) is 21.5 Å². The Kier molecular flexibility index (Phi) is 3.44. The summed E-state index contributed by atoms with van der Waals surface area (Å²) in [4.78, 5) is 0. The van der Waals surface area contributed by atoms with Crippen molar-refractivity contribution in [2.75, 3.05) is 6.61 Å². The second-order valence-corrected chi connectivity index (χ2v) is 5.41. The Morgan fingerprint density at radius 1 is 1.05 bits per heavy atom. The van der Waals surface area contributed by atoms with Crippen LogP contribution in [0.1, 0.15) is 11.6 Å². The first-order valence-corrected chi connectivity index (χ1v) is 6.93. The van der Waals surface area contributed by atoms with Gasteiger partial charge in [-0.2, -0.15) is 0 Å². The fraction of sp³-hybridized carbons (Fsp3) is 0.200. The Hall–Kier alpha value is -1.52. The van der Waals surface area contributed by atoms with E-state index in [4.69, 9.17) is 15.2 Å². The van der Waals surface area contributed by atoms with Crippen LogP contribution in [0.2, 0.25) is 0 Å². The fourth-order valence-electron chi connectivity index (χ4n) is 2.11. The lowest BCUT2D eigenvalue weighted by Gasteiger charge is -2.30. The van der Waals surface area contributed by atoms with Crippen molar-refractivity contribution in [1.82, 2.24) is 0 Å². The highest BCUT2D eigenvalue weighted by Crippen LogP contribution is 2.33. The molecule has 2 N–H and O–H groups in total. The van der Waals surface area contributed by atoms with Crippen LogP contribution >= 0.6 is 15.9 Å². The zero-order valence-corrected chi connectivity index (χ0v) is 11.8. The van der Waals surface area contributed by atoms with E-state index in [2.05, 4.69) is 15.9 Å². The minimum Gasteiger partial charge on any atom is -0.486 e. The quantitative estimate of drug-likeness (QED) is 0.923. The molecule has 0 aromatic heterocycles. The smallest absolute Gasteiger partial charge is 0.161 e. The summed E-state index contributed by atoms with van der Waals surface area (Å²) >= 11 is 3.42. The van der Waals surface area contributed by atoms with Gasteiger partial charge in [0.1, 0.15) is 6.61 Å². The summed E-state index contributed by atoms with van der Waals surface area (Å²) < 4.78 is 12.6. The number of hydrogen-bond acceptors (Lipinski definition) is 3. The van der Waals surface area contributed by atoms with Gasteiger partial charge in [-0.05, 0) is 29.8 Å². The second kappa shape index (κ2) is 5.23. The minimum absolute atomic E-state index is 0.170. The second-order valence-electron chi connectivity index (χ2n) is 4.49. The number of benzene rings is 2. The van der Waals surface area contributed by atoms with Crippen molar-refractivity contribution >= 4 is 15.9 Å². The molecule has 0 amide bonds. The number of fused-ring (bicyclic) bond motifs is 1. The minimum atomic E-state index is -0.207. The average Bonchev–Trinajstić information content (AvgIpc) is 2.47. The number of ether oxygens (including phenoxy) is 2. The molecular weight excluding hydrogens is 306 g/mol. The molecule has 2 aromatic rings. The van der Waals surface area contributed by atoms with Gasteiger partial charge in [-0.15, -0.1) is 0 Å². The lowest BCUT2D eigenvalue weighted by atomic mass is 10.0.